The molecule has 1 N–H and O–H groups in total. The van der Waals surface area contributed by atoms with Crippen LogP contribution in [-0.4, -0.2) is 31.3 Å². The summed E-state index contributed by atoms with van der Waals surface area (Å²) in [6.07, 6.45) is 3.21. The van der Waals surface area contributed by atoms with Crippen LogP contribution in [0.3, 0.4) is 0 Å². The summed E-state index contributed by atoms with van der Waals surface area (Å²) in [4.78, 5) is 20.3. The van der Waals surface area contributed by atoms with Gasteiger partial charge in [0, 0.05) is 40.7 Å². The average Bonchev–Trinajstić information content (AvgIpc) is 3.39. The van der Waals surface area contributed by atoms with Gasteiger partial charge in [0.25, 0.3) is 15.9 Å². The van der Waals surface area contributed by atoms with Crippen molar-refractivity contribution < 1.29 is 13.2 Å². The van der Waals surface area contributed by atoms with Crippen molar-refractivity contribution in [3.05, 3.63) is 90.3 Å². The van der Waals surface area contributed by atoms with E-state index in [1.807, 2.05) is 24.3 Å². The molecule has 2 aromatic carbocycles. The molecule has 0 saturated carbocycles. The van der Waals surface area contributed by atoms with Gasteiger partial charge in [-0.25, -0.2) is 8.42 Å². The molecule has 0 unspecified atom stereocenters. The monoisotopic (exact) mass is 461 g/mol. The first kappa shape index (κ1) is 20.4. The molecule has 4 aromatic rings. The summed E-state index contributed by atoms with van der Waals surface area (Å²) in [5.41, 5.74) is 4.07. The van der Waals surface area contributed by atoms with Crippen LogP contribution in [0.15, 0.2) is 84.0 Å². The Bertz CT molecular complexity index is 1430. The first-order chi connectivity index (χ1) is 15.4. The largest absolute Gasteiger partial charge is 0.337 e. The van der Waals surface area contributed by atoms with Crippen LogP contribution >= 0.6 is 11.3 Å². The van der Waals surface area contributed by atoms with Crippen LogP contribution in [0.25, 0.3) is 20.9 Å². The zero-order chi connectivity index (χ0) is 22.3. The second-order valence-electron chi connectivity index (χ2n) is 7.58. The number of nitrogens with zero attached hydrogens (tertiary/aromatic N) is 2. The fourth-order valence-electron chi connectivity index (χ4n) is 3.71. The summed E-state index contributed by atoms with van der Waals surface area (Å²) < 4.78 is 27.8. The predicted molar refractivity (Wildman–Crippen MR) is 126 cm³/mol. The van der Waals surface area contributed by atoms with E-state index in [9.17, 15) is 13.2 Å². The van der Waals surface area contributed by atoms with Gasteiger partial charge >= 0.3 is 0 Å². The third-order valence-corrected chi connectivity index (χ3v) is 7.89. The molecule has 160 valence electrons. The van der Waals surface area contributed by atoms with Crippen LogP contribution in [0, 0.1) is 0 Å². The van der Waals surface area contributed by atoms with E-state index in [4.69, 9.17) is 0 Å². The maximum Gasteiger partial charge on any atom is 0.261 e. The van der Waals surface area contributed by atoms with Crippen LogP contribution < -0.4 is 4.72 Å². The van der Waals surface area contributed by atoms with Gasteiger partial charge in [-0.1, -0.05) is 24.3 Å². The van der Waals surface area contributed by atoms with Gasteiger partial charge in [-0.15, -0.1) is 11.3 Å². The Morgan fingerprint density at radius 1 is 0.938 bits per heavy atom. The van der Waals surface area contributed by atoms with Crippen molar-refractivity contribution in [2.75, 3.05) is 11.8 Å². The number of anilines is 1. The number of benzene rings is 2. The molecule has 0 aliphatic carbocycles. The van der Waals surface area contributed by atoms with Crippen molar-refractivity contribution in [2.45, 2.75) is 11.4 Å². The predicted octanol–water partition coefficient (Wildman–Crippen LogP) is 4.86. The lowest BCUT2D eigenvalue weighted by atomic mass is 10.1. The molecular weight excluding hydrogens is 442 g/mol. The van der Waals surface area contributed by atoms with Gasteiger partial charge in [0.05, 0.1) is 16.8 Å². The zero-order valence-corrected chi connectivity index (χ0v) is 18.8. The molecule has 0 fully saturated rings. The number of rotatable bonds is 5. The Morgan fingerprint density at radius 3 is 2.47 bits per heavy atom. The molecule has 32 heavy (non-hydrogen) atoms. The number of nitrogens with one attached hydrogen (secondary N) is 1. The van der Waals surface area contributed by atoms with E-state index in [0.717, 1.165) is 32.0 Å². The molecule has 1 aliphatic heterocycles. The van der Waals surface area contributed by atoms with Crippen molar-refractivity contribution in [1.82, 2.24) is 9.88 Å². The fourth-order valence-corrected chi connectivity index (χ4v) is 5.75. The van der Waals surface area contributed by atoms with Crippen molar-refractivity contribution in [1.29, 1.82) is 0 Å². The Balaban J connectivity index is 1.41. The summed E-state index contributed by atoms with van der Waals surface area (Å²) in [6, 6.07) is 20.0. The third kappa shape index (κ3) is 3.79. The lowest BCUT2D eigenvalue weighted by Crippen LogP contribution is -2.17. The Morgan fingerprint density at radius 2 is 1.69 bits per heavy atom. The maximum absolute atomic E-state index is 12.6. The summed E-state index contributed by atoms with van der Waals surface area (Å²) in [5, 5.41) is 0. The summed E-state index contributed by atoms with van der Waals surface area (Å²) in [6.45, 7) is 0.619. The number of amides is 1. The number of fused-ring (bicyclic) bond motifs is 1. The first-order valence-electron chi connectivity index (χ1n) is 9.93. The van der Waals surface area contributed by atoms with Crippen LogP contribution in [-0.2, 0) is 16.6 Å². The standard InChI is InChI=1S/C24H19N3O3S2/c1-27-15-18-11-16(7-8-21(18)24(27)28)22-9-10-23(31-22)17-12-19(14-25-13-17)26-32(29,30)20-5-3-2-4-6-20/h2-14,26H,15H2,1H3. The Labute approximate surface area is 190 Å². The molecule has 0 saturated heterocycles. The van der Waals surface area contributed by atoms with Gasteiger partial charge in [-0.2, -0.15) is 0 Å². The van der Waals surface area contributed by atoms with E-state index < -0.39 is 10.0 Å². The molecule has 0 radical (unpaired) electrons. The molecule has 3 heterocycles. The van der Waals surface area contributed by atoms with Crippen LogP contribution in [0.2, 0.25) is 0 Å². The molecule has 8 heteroatoms. The van der Waals surface area contributed by atoms with Crippen molar-refractivity contribution in [2.24, 2.45) is 0 Å². The zero-order valence-electron chi connectivity index (χ0n) is 17.1. The van der Waals surface area contributed by atoms with E-state index in [1.54, 1.807) is 65.9 Å². The molecule has 6 nitrogen and oxygen atoms in total. The van der Waals surface area contributed by atoms with E-state index in [2.05, 4.69) is 15.8 Å². The van der Waals surface area contributed by atoms with Crippen molar-refractivity contribution in [3.8, 4) is 20.9 Å². The SMILES string of the molecule is CN1Cc2cc(-c3ccc(-c4cncc(NS(=O)(=O)c5ccccc5)c4)s3)ccc2C1=O. The fraction of sp³-hybridized carbons (Fsp3) is 0.0833. The lowest BCUT2D eigenvalue weighted by molar-refractivity contribution is 0.0816. The average molecular weight is 462 g/mol. The topological polar surface area (TPSA) is 79.4 Å². The van der Waals surface area contributed by atoms with Crippen LogP contribution in [0.5, 0.6) is 0 Å². The van der Waals surface area contributed by atoms with Gasteiger partial charge in [-0.05, 0) is 53.6 Å². The van der Waals surface area contributed by atoms with E-state index >= 15 is 0 Å². The molecule has 0 atom stereocenters. The minimum Gasteiger partial charge on any atom is -0.337 e. The first-order valence-corrected chi connectivity index (χ1v) is 12.2. The van der Waals surface area contributed by atoms with E-state index in [0.29, 0.717) is 12.2 Å². The van der Waals surface area contributed by atoms with Gasteiger partial charge in [0.15, 0.2) is 0 Å². The molecular formula is C24H19N3O3S2. The van der Waals surface area contributed by atoms with Crippen LogP contribution in [0.1, 0.15) is 15.9 Å². The quantitative estimate of drug-likeness (QED) is 0.460. The van der Waals surface area contributed by atoms with E-state index in [1.165, 1.54) is 6.20 Å². The number of aromatic nitrogens is 1. The molecule has 1 aliphatic rings. The number of thiophene rings is 1. The lowest BCUT2D eigenvalue weighted by Gasteiger charge is -2.08. The number of hydrogen-bond donors (Lipinski definition) is 1. The Kier molecular flexibility index (Phi) is 5.03. The van der Waals surface area contributed by atoms with Crippen molar-refractivity contribution >= 4 is 33.0 Å². The maximum atomic E-state index is 12.6. The number of sulfonamides is 1. The molecule has 0 spiro atoms. The molecule has 2 aromatic heterocycles. The Hall–Kier alpha value is -3.49. The van der Waals surface area contributed by atoms with Gasteiger partial charge < -0.3 is 4.90 Å². The second kappa shape index (κ2) is 7.89. The number of carbonyl (C=O) groups excluding carboxylic acids is 1. The smallest absolute Gasteiger partial charge is 0.261 e. The van der Waals surface area contributed by atoms with Crippen molar-refractivity contribution in [3.63, 3.8) is 0 Å². The highest BCUT2D eigenvalue weighted by Gasteiger charge is 2.24. The molecule has 1 amide bonds. The number of carbonyl (C=O) groups is 1. The normalized spacial score (nSPS) is 13.3. The molecule has 5 rings (SSSR count). The highest BCUT2D eigenvalue weighted by atomic mass is 32.2. The minimum absolute atomic E-state index is 0.0549. The van der Waals surface area contributed by atoms with E-state index in [-0.39, 0.29) is 10.8 Å². The highest BCUT2D eigenvalue weighted by molar-refractivity contribution is 7.92. The third-order valence-electron chi connectivity index (χ3n) is 5.31. The second-order valence-corrected chi connectivity index (χ2v) is 10.3. The van der Waals surface area contributed by atoms with Crippen LogP contribution in [0.4, 0.5) is 5.69 Å². The van der Waals surface area contributed by atoms with Gasteiger partial charge in [-0.3, -0.25) is 14.5 Å². The summed E-state index contributed by atoms with van der Waals surface area (Å²) in [5.74, 6) is 0.0549. The summed E-state index contributed by atoms with van der Waals surface area (Å²) >= 11 is 1.59. The molecule has 0 bridgehead atoms. The number of pyridine rings is 1. The number of hydrogen-bond acceptors (Lipinski definition) is 5. The van der Waals surface area contributed by atoms with Gasteiger partial charge in [0.2, 0.25) is 0 Å². The summed E-state index contributed by atoms with van der Waals surface area (Å²) in [7, 11) is -1.88. The highest BCUT2D eigenvalue weighted by Crippen LogP contribution is 2.36. The minimum atomic E-state index is -3.68. The van der Waals surface area contributed by atoms with Gasteiger partial charge in [0.1, 0.15) is 0 Å².